The summed E-state index contributed by atoms with van der Waals surface area (Å²) in [6, 6.07) is 6.62. The highest BCUT2D eigenvalue weighted by Gasteiger charge is 2.55. The second kappa shape index (κ2) is 9.99. The van der Waals surface area contributed by atoms with Gasteiger partial charge >= 0.3 is 12.4 Å². The lowest BCUT2D eigenvalue weighted by Crippen LogP contribution is -2.48. The zero-order valence-electron chi connectivity index (χ0n) is 16.9. The van der Waals surface area contributed by atoms with Crippen LogP contribution in [0.15, 0.2) is 42.5 Å². The van der Waals surface area contributed by atoms with Gasteiger partial charge in [-0.1, -0.05) is 36.7 Å². The SMILES string of the molecule is CCCC(=O)NCc1ccc(NC[C@@](O)(c2cccc(C(F)(F)F)c2)C(F)(F)F)cc1Cl. The summed E-state index contributed by atoms with van der Waals surface area (Å²) in [4.78, 5) is 11.6. The molecule has 0 bridgehead atoms. The van der Waals surface area contributed by atoms with Crippen molar-refractivity contribution in [3.8, 4) is 0 Å². The summed E-state index contributed by atoms with van der Waals surface area (Å²) < 4.78 is 79.8. The number of carbonyl (C=O) groups excluding carboxylic acids is 1. The zero-order chi connectivity index (χ0) is 24.2. The van der Waals surface area contributed by atoms with E-state index in [9.17, 15) is 36.2 Å². The summed E-state index contributed by atoms with van der Waals surface area (Å²) in [5, 5.41) is 15.5. The maximum atomic E-state index is 13.7. The minimum absolute atomic E-state index is 0.105. The van der Waals surface area contributed by atoms with Crippen molar-refractivity contribution in [2.45, 2.75) is 44.3 Å². The molecule has 2 rings (SSSR count). The maximum absolute atomic E-state index is 13.7. The van der Waals surface area contributed by atoms with Crippen LogP contribution < -0.4 is 10.6 Å². The number of halogens is 7. The molecule has 176 valence electrons. The molecule has 1 amide bonds. The topological polar surface area (TPSA) is 61.4 Å². The predicted molar refractivity (Wildman–Crippen MR) is 108 cm³/mol. The van der Waals surface area contributed by atoms with Crippen molar-refractivity contribution in [2.24, 2.45) is 0 Å². The van der Waals surface area contributed by atoms with Gasteiger partial charge in [0.25, 0.3) is 0 Å². The van der Waals surface area contributed by atoms with Gasteiger partial charge < -0.3 is 15.7 Å². The van der Waals surface area contributed by atoms with E-state index in [1.807, 2.05) is 6.92 Å². The largest absolute Gasteiger partial charge is 0.423 e. The summed E-state index contributed by atoms with van der Waals surface area (Å²) in [6.45, 7) is 0.809. The first kappa shape index (κ1) is 25.8. The third kappa shape index (κ3) is 6.29. The number of aliphatic hydroxyl groups is 1. The highest BCUT2D eigenvalue weighted by molar-refractivity contribution is 6.31. The van der Waals surface area contributed by atoms with Crippen molar-refractivity contribution in [2.75, 3.05) is 11.9 Å². The van der Waals surface area contributed by atoms with Crippen molar-refractivity contribution < 1.29 is 36.2 Å². The third-order valence-corrected chi connectivity index (χ3v) is 5.04. The molecular weight excluding hydrogens is 462 g/mol. The predicted octanol–water partition coefficient (Wildman–Crippen LogP) is 5.64. The fourth-order valence-corrected chi connectivity index (χ4v) is 3.11. The number of anilines is 1. The van der Waals surface area contributed by atoms with E-state index in [2.05, 4.69) is 10.6 Å². The van der Waals surface area contributed by atoms with Gasteiger partial charge in [-0.15, -0.1) is 0 Å². The average Bonchev–Trinajstić information content (AvgIpc) is 2.70. The van der Waals surface area contributed by atoms with Crippen LogP contribution in [-0.4, -0.2) is 23.7 Å². The van der Waals surface area contributed by atoms with Gasteiger partial charge in [0.1, 0.15) is 0 Å². The van der Waals surface area contributed by atoms with Crippen molar-refractivity contribution in [3.63, 3.8) is 0 Å². The number of hydrogen-bond donors (Lipinski definition) is 3. The summed E-state index contributed by atoms with van der Waals surface area (Å²) in [7, 11) is 0. The average molecular weight is 483 g/mol. The van der Waals surface area contributed by atoms with Crippen molar-refractivity contribution >= 4 is 23.2 Å². The Morgan fingerprint density at radius 2 is 1.69 bits per heavy atom. The lowest BCUT2D eigenvalue weighted by atomic mass is 9.91. The van der Waals surface area contributed by atoms with E-state index in [4.69, 9.17) is 11.6 Å². The van der Waals surface area contributed by atoms with E-state index < -0.39 is 35.6 Å². The Morgan fingerprint density at radius 3 is 2.25 bits per heavy atom. The Balaban J connectivity index is 2.21. The Labute approximate surface area is 185 Å². The maximum Gasteiger partial charge on any atom is 0.423 e. The lowest BCUT2D eigenvalue weighted by molar-refractivity contribution is -0.260. The highest BCUT2D eigenvalue weighted by atomic mass is 35.5. The fourth-order valence-electron chi connectivity index (χ4n) is 2.86. The van der Waals surface area contributed by atoms with Crippen LogP contribution >= 0.6 is 11.6 Å². The second-order valence-electron chi connectivity index (χ2n) is 7.12. The van der Waals surface area contributed by atoms with Crippen molar-refractivity contribution in [1.29, 1.82) is 0 Å². The molecule has 0 unspecified atom stereocenters. The van der Waals surface area contributed by atoms with Crippen molar-refractivity contribution in [3.05, 3.63) is 64.2 Å². The van der Waals surface area contributed by atoms with E-state index in [1.165, 1.54) is 18.2 Å². The first-order valence-electron chi connectivity index (χ1n) is 9.53. The van der Waals surface area contributed by atoms with E-state index in [0.717, 1.165) is 12.1 Å². The number of rotatable bonds is 8. The van der Waals surface area contributed by atoms with Gasteiger partial charge in [0.2, 0.25) is 11.5 Å². The van der Waals surface area contributed by atoms with Gasteiger partial charge in [-0.05, 0) is 41.8 Å². The number of nitrogens with one attached hydrogen (secondary N) is 2. The quantitative estimate of drug-likeness (QED) is 0.427. The number of benzene rings is 2. The Kier molecular flexibility index (Phi) is 8.06. The van der Waals surface area contributed by atoms with E-state index in [1.54, 1.807) is 0 Å². The molecule has 0 radical (unpaired) electrons. The summed E-state index contributed by atoms with van der Waals surface area (Å²) in [5.41, 5.74) is -5.23. The standard InChI is InChI=1S/C21H21ClF6N2O2/c1-2-4-18(31)29-11-13-7-8-16(10-17(13)22)30-12-19(32,21(26,27)28)14-5-3-6-15(9-14)20(23,24)25/h3,5-10,30,32H,2,4,11-12H2,1H3,(H,29,31)/t19-/m1/s1. The highest BCUT2D eigenvalue weighted by Crippen LogP contribution is 2.41. The third-order valence-electron chi connectivity index (χ3n) is 4.69. The number of hydrogen-bond acceptors (Lipinski definition) is 3. The van der Waals surface area contributed by atoms with Crippen LogP contribution in [0.25, 0.3) is 0 Å². The molecule has 11 heteroatoms. The normalized spacial score (nSPS) is 14.0. The van der Waals surface area contributed by atoms with Gasteiger partial charge in [-0.25, -0.2) is 0 Å². The molecule has 2 aromatic carbocycles. The molecule has 0 heterocycles. The van der Waals surface area contributed by atoms with Gasteiger partial charge in [0.15, 0.2) is 0 Å². The van der Waals surface area contributed by atoms with Crippen LogP contribution in [0.5, 0.6) is 0 Å². The lowest BCUT2D eigenvalue weighted by Gasteiger charge is -2.32. The van der Waals surface area contributed by atoms with Crippen LogP contribution in [0.1, 0.15) is 36.5 Å². The molecule has 0 spiro atoms. The minimum atomic E-state index is -5.27. The molecule has 0 fully saturated rings. The molecule has 3 N–H and O–H groups in total. The molecule has 0 aromatic heterocycles. The molecule has 0 saturated carbocycles. The van der Waals surface area contributed by atoms with Crippen LogP contribution in [0.4, 0.5) is 32.0 Å². The van der Waals surface area contributed by atoms with E-state index in [-0.39, 0.29) is 29.2 Å². The fraction of sp³-hybridized carbons (Fsp3) is 0.381. The molecule has 0 aliphatic carbocycles. The first-order chi connectivity index (χ1) is 14.8. The van der Waals surface area contributed by atoms with Crippen molar-refractivity contribution in [1.82, 2.24) is 5.32 Å². The second-order valence-corrected chi connectivity index (χ2v) is 7.53. The Bertz CT molecular complexity index is 949. The van der Waals surface area contributed by atoms with Crippen LogP contribution in [0, 0.1) is 0 Å². The smallest absolute Gasteiger partial charge is 0.381 e. The van der Waals surface area contributed by atoms with Crippen LogP contribution in [0.2, 0.25) is 5.02 Å². The molecule has 0 saturated heterocycles. The molecule has 2 aromatic rings. The number of carbonyl (C=O) groups is 1. The molecule has 32 heavy (non-hydrogen) atoms. The summed E-state index contributed by atoms with van der Waals surface area (Å²) >= 11 is 6.12. The number of alkyl halides is 6. The van der Waals surface area contributed by atoms with Gasteiger partial charge in [0.05, 0.1) is 12.1 Å². The van der Waals surface area contributed by atoms with E-state index in [0.29, 0.717) is 24.5 Å². The molecule has 0 aliphatic heterocycles. The van der Waals surface area contributed by atoms with Gasteiger partial charge in [-0.2, -0.15) is 26.3 Å². The molecule has 4 nitrogen and oxygen atoms in total. The Hall–Kier alpha value is -2.46. The monoisotopic (exact) mass is 482 g/mol. The zero-order valence-corrected chi connectivity index (χ0v) is 17.6. The van der Waals surface area contributed by atoms with Crippen LogP contribution in [-0.2, 0) is 23.1 Å². The van der Waals surface area contributed by atoms with E-state index >= 15 is 0 Å². The first-order valence-corrected chi connectivity index (χ1v) is 9.91. The Morgan fingerprint density at radius 1 is 1.03 bits per heavy atom. The van der Waals surface area contributed by atoms with Crippen LogP contribution in [0.3, 0.4) is 0 Å². The number of amides is 1. The molecule has 1 atom stereocenters. The summed E-state index contributed by atoms with van der Waals surface area (Å²) in [5.74, 6) is -0.179. The van der Waals surface area contributed by atoms with Gasteiger partial charge in [0, 0.05) is 23.7 Å². The summed E-state index contributed by atoms with van der Waals surface area (Å²) in [6.07, 6.45) is -9.14. The van der Waals surface area contributed by atoms with Gasteiger partial charge in [-0.3, -0.25) is 4.79 Å². The molecular formula is C21H21ClF6N2O2. The minimum Gasteiger partial charge on any atom is -0.381 e. The molecule has 0 aliphatic rings.